The van der Waals surface area contributed by atoms with Crippen molar-refractivity contribution >= 4 is 30.4 Å². The van der Waals surface area contributed by atoms with Gasteiger partial charge in [0.2, 0.25) is 11.8 Å². The van der Waals surface area contributed by atoms with Crippen LogP contribution >= 0.6 is 12.6 Å². The number of methoxy groups -OCH3 is 1. The molecule has 1 aromatic carbocycles. The van der Waals surface area contributed by atoms with E-state index in [1.54, 1.807) is 4.90 Å². The van der Waals surface area contributed by atoms with E-state index in [0.717, 1.165) is 11.1 Å². The quantitative estimate of drug-likeness (QED) is 0.287. The number of thiol groups is 1. The second-order valence-electron chi connectivity index (χ2n) is 9.79. The number of hydrogen-bond acceptors (Lipinski definition) is 7. The Hall–Kier alpha value is -2.14. The van der Waals surface area contributed by atoms with Crippen molar-refractivity contribution in [3.63, 3.8) is 0 Å². The van der Waals surface area contributed by atoms with Crippen LogP contribution in [0.5, 0.6) is 0 Å². The molecule has 0 bridgehead atoms. The van der Waals surface area contributed by atoms with Crippen LogP contribution in [0.1, 0.15) is 38.3 Å². The number of hydrogen-bond donors (Lipinski definition) is 5. The molecule has 0 unspecified atom stereocenters. The van der Waals surface area contributed by atoms with Crippen LogP contribution in [-0.2, 0) is 32.1 Å². The molecule has 0 aliphatic carbocycles. The van der Waals surface area contributed by atoms with Crippen LogP contribution < -0.4 is 16.4 Å². The molecule has 2 rings (SSSR count). The maximum Gasteiger partial charge on any atom is 0.326 e. The predicted molar refractivity (Wildman–Crippen MR) is 134 cm³/mol. The average molecular weight is 495 g/mol. The lowest BCUT2D eigenvalue weighted by molar-refractivity contribution is -0.147. The van der Waals surface area contributed by atoms with Crippen LogP contribution in [-0.4, -0.2) is 78.0 Å². The van der Waals surface area contributed by atoms with Gasteiger partial charge in [-0.15, -0.1) is 0 Å². The molecular formula is C24H38N4O5S. The Kier molecular flexibility index (Phi) is 10.4. The summed E-state index contributed by atoms with van der Waals surface area (Å²) in [5, 5.41) is 15.4. The molecule has 5 N–H and O–H groups in total. The number of carboxylic acids is 1. The minimum absolute atomic E-state index is 0.128. The molecule has 0 saturated heterocycles. The molecule has 4 atom stereocenters. The average Bonchev–Trinajstić information content (AvgIpc) is 2.79. The summed E-state index contributed by atoms with van der Waals surface area (Å²) in [5.74, 6) is -1.39. The number of aliphatic carboxylic acids is 1. The van der Waals surface area contributed by atoms with E-state index in [1.165, 1.54) is 7.11 Å². The number of carbonyl (C=O) groups excluding carboxylic acids is 2. The fourth-order valence-electron chi connectivity index (χ4n) is 4.01. The first-order chi connectivity index (χ1) is 16.0. The number of carbonyl (C=O) groups is 3. The zero-order chi connectivity index (χ0) is 25.5. The molecular weight excluding hydrogens is 456 g/mol. The number of rotatable bonds is 11. The van der Waals surface area contributed by atoms with Crippen molar-refractivity contribution in [2.75, 3.05) is 26.0 Å². The van der Waals surface area contributed by atoms with Gasteiger partial charge in [-0.3, -0.25) is 9.59 Å². The summed E-state index contributed by atoms with van der Waals surface area (Å²) < 4.78 is 4.98. The summed E-state index contributed by atoms with van der Waals surface area (Å²) in [6, 6.07) is 4.91. The van der Waals surface area contributed by atoms with Crippen LogP contribution in [0.4, 0.5) is 0 Å². The zero-order valence-electron chi connectivity index (χ0n) is 20.4. The smallest absolute Gasteiger partial charge is 0.326 e. The lowest BCUT2D eigenvalue weighted by Gasteiger charge is -2.41. The third-order valence-electron chi connectivity index (χ3n) is 5.99. The largest absolute Gasteiger partial charge is 0.480 e. The van der Waals surface area contributed by atoms with Gasteiger partial charge >= 0.3 is 5.97 Å². The van der Waals surface area contributed by atoms with Gasteiger partial charge in [-0.1, -0.05) is 45.0 Å². The maximum absolute atomic E-state index is 13.8. The van der Waals surface area contributed by atoms with E-state index in [-0.39, 0.29) is 31.5 Å². The number of ether oxygens (including phenoxy) is 1. The first-order valence-electron chi connectivity index (χ1n) is 11.5. The fraction of sp³-hybridized carbons (Fsp3) is 0.625. The highest BCUT2D eigenvalue weighted by Crippen LogP contribution is 2.28. The number of nitrogens with one attached hydrogen (secondary N) is 2. The summed E-state index contributed by atoms with van der Waals surface area (Å²) >= 11 is 4.22. The van der Waals surface area contributed by atoms with Crippen molar-refractivity contribution in [1.29, 1.82) is 0 Å². The fourth-order valence-corrected chi connectivity index (χ4v) is 4.14. The van der Waals surface area contributed by atoms with E-state index in [4.69, 9.17) is 10.5 Å². The molecule has 0 saturated carbocycles. The highest BCUT2D eigenvalue weighted by molar-refractivity contribution is 7.80. The summed E-state index contributed by atoms with van der Waals surface area (Å²) in [6.45, 7) is 6.70. The van der Waals surface area contributed by atoms with Crippen LogP contribution in [0.15, 0.2) is 24.3 Å². The molecule has 10 heteroatoms. The van der Waals surface area contributed by atoms with Gasteiger partial charge in [-0.25, -0.2) is 4.79 Å². The molecule has 1 aliphatic rings. The van der Waals surface area contributed by atoms with E-state index >= 15 is 0 Å². The van der Waals surface area contributed by atoms with Crippen LogP contribution in [0.2, 0.25) is 0 Å². The second kappa shape index (κ2) is 12.5. The van der Waals surface area contributed by atoms with Crippen LogP contribution in [0.25, 0.3) is 0 Å². The molecule has 9 nitrogen and oxygen atoms in total. The van der Waals surface area contributed by atoms with Crippen molar-refractivity contribution in [2.24, 2.45) is 11.1 Å². The Labute approximate surface area is 207 Å². The van der Waals surface area contributed by atoms with E-state index < -0.39 is 35.4 Å². The van der Waals surface area contributed by atoms with E-state index in [1.807, 2.05) is 45.0 Å². The molecule has 1 aromatic rings. The monoisotopic (exact) mass is 494 g/mol. The highest BCUT2D eigenvalue weighted by Gasteiger charge is 2.41. The summed E-state index contributed by atoms with van der Waals surface area (Å²) in [5.41, 5.74) is 7.49. The van der Waals surface area contributed by atoms with E-state index in [0.29, 0.717) is 18.7 Å². The zero-order valence-corrected chi connectivity index (χ0v) is 21.3. The Bertz CT molecular complexity index is 860. The Morgan fingerprint density at radius 3 is 2.47 bits per heavy atom. The Morgan fingerprint density at radius 2 is 1.91 bits per heavy atom. The molecule has 190 valence electrons. The number of nitrogens with two attached hydrogens (primary N) is 1. The first-order valence-corrected chi connectivity index (χ1v) is 12.1. The van der Waals surface area contributed by atoms with E-state index in [2.05, 4.69) is 23.3 Å². The molecule has 0 radical (unpaired) electrons. The second-order valence-corrected chi connectivity index (χ2v) is 10.2. The molecule has 2 amide bonds. The Morgan fingerprint density at radius 1 is 1.26 bits per heavy atom. The number of fused-ring (bicyclic) bond motifs is 1. The minimum Gasteiger partial charge on any atom is -0.480 e. The summed E-state index contributed by atoms with van der Waals surface area (Å²) in [4.78, 5) is 40.4. The van der Waals surface area contributed by atoms with Crippen molar-refractivity contribution in [3.05, 3.63) is 35.4 Å². The van der Waals surface area contributed by atoms with Gasteiger partial charge < -0.3 is 31.1 Å². The van der Waals surface area contributed by atoms with Crippen molar-refractivity contribution in [1.82, 2.24) is 15.5 Å². The predicted octanol–water partition coefficient (Wildman–Crippen LogP) is 0.807. The molecule has 0 spiro atoms. The first kappa shape index (κ1) is 28.1. The van der Waals surface area contributed by atoms with Crippen molar-refractivity contribution < 1.29 is 24.2 Å². The van der Waals surface area contributed by atoms with Gasteiger partial charge in [0, 0.05) is 51.4 Å². The molecule has 1 heterocycles. The summed E-state index contributed by atoms with van der Waals surface area (Å²) in [6.07, 6.45) is 0.431. The number of benzene rings is 1. The lowest BCUT2D eigenvalue weighted by atomic mass is 9.84. The Balaban J connectivity index is 2.35. The van der Waals surface area contributed by atoms with E-state index in [9.17, 15) is 19.5 Å². The van der Waals surface area contributed by atoms with Gasteiger partial charge in [0.25, 0.3) is 0 Å². The normalized spacial score (nSPS) is 18.5. The topological polar surface area (TPSA) is 134 Å². The third kappa shape index (κ3) is 7.43. The van der Waals surface area contributed by atoms with Gasteiger partial charge in [0.05, 0.1) is 6.04 Å². The molecule has 0 aromatic heterocycles. The minimum atomic E-state index is -1.14. The van der Waals surface area contributed by atoms with Gasteiger partial charge in [0.15, 0.2) is 0 Å². The number of carboxylic acid groups (broad SMARTS) is 1. The van der Waals surface area contributed by atoms with Gasteiger partial charge in [0.1, 0.15) is 12.1 Å². The highest BCUT2D eigenvalue weighted by atomic mass is 32.1. The lowest BCUT2D eigenvalue weighted by Crippen LogP contribution is -2.61. The SMILES string of the molecule is COCC[C@@H](NC(=O)[C@@H]1Cc2ccccc2CN1C(=O)[C@@H](NC[C@@H](N)CS)C(C)(C)C)C(=O)O. The van der Waals surface area contributed by atoms with Crippen molar-refractivity contribution in [2.45, 2.75) is 64.3 Å². The number of amides is 2. The molecule has 0 fully saturated rings. The van der Waals surface area contributed by atoms with Gasteiger partial charge in [-0.05, 0) is 16.5 Å². The molecule has 1 aliphatic heterocycles. The standard InChI is InChI=1S/C24H38N4O5S/c1-24(2,3)20(26-12-17(25)14-34)22(30)28-13-16-8-6-5-7-15(16)11-19(28)21(29)27-18(23(31)32)9-10-33-4/h5-8,17-20,26,34H,9-14,25H2,1-4H3,(H,27,29)(H,31,32)/t17-,18-,19+,20-/m1/s1. The van der Waals surface area contributed by atoms with Gasteiger partial charge in [-0.2, -0.15) is 12.6 Å². The van der Waals surface area contributed by atoms with Crippen LogP contribution in [0, 0.1) is 5.41 Å². The third-order valence-corrected chi connectivity index (χ3v) is 6.46. The maximum atomic E-state index is 13.8. The summed E-state index contributed by atoms with van der Waals surface area (Å²) in [7, 11) is 1.47. The van der Waals surface area contributed by atoms with Crippen molar-refractivity contribution in [3.8, 4) is 0 Å². The molecule has 34 heavy (non-hydrogen) atoms. The van der Waals surface area contributed by atoms with Crippen LogP contribution in [0.3, 0.4) is 0 Å². The number of nitrogens with zero attached hydrogens (tertiary/aromatic N) is 1.